The first kappa shape index (κ1) is 7.80. The first-order chi connectivity index (χ1) is 4.64. The van der Waals surface area contributed by atoms with Crippen molar-refractivity contribution in [2.45, 2.75) is 38.7 Å². The molecule has 1 nitrogen and oxygen atoms in total. The molecule has 0 aromatic heterocycles. The van der Waals surface area contributed by atoms with Crippen LogP contribution in [0.5, 0.6) is 0 Å². The van der Waals surface area contributed by atoms with Crippen LogP contribution in [0.15, 0.2) is 12.2 Å². The zero-order valence-corrected chi connectivity index (χ0v) is 6.80. The maximum atomic E-state index is 9.50. The summed E-state index contributed by atoms with van der Waals surface area (Å²) in [6.07, 6.45) is 7.34. The number of hydrogen-bond acceptors (Lipinski definition) is 1. The number of allylic oxidation sites excluding steroid dienone is 1. The third kappa shape index (κ3) is 1.84. The van der Waals surface area contributed by atoms with Gasteiger partial charge in [-0.15, -0.1) is 0 Å². The molecule has 0 saturated carbocycles. The fourth-order valence-electron chi connectivity index (χ4n) is 1.34. The van der Waals surface area contributed by atoms with Gasteiger partial charge < -0.3 is 5.11 Å². The fraction of sp³-hybridized carbons (Fsp3) is 0.778. The number of rotatable bonds is 1. The molecule has 0 bridgehead atoms. The van der Waals surface area contributed by atoms with Gasteiger partial charge in [-0.3, -0.25) is 0 Å². The second-order valence-corrected chi connectivity index (χ2v) is 3.42. The minimum atomic E-state index is -0.522. The summed E-state index contributed by atoms with van der Waals surface area (Å²) in [6.45, 7) is 4.06. The highest BCUT2D eigenvalue weighted by molar-refractivity contribution is 5.05. The maximum absolute atomic E-state index is 9.50. The van der Waals surface area contributed by atoms with Gasteiger partial charge in [-0.1, -0.05) is 19.1 Å². The molecule has 0 amide bonds. The normalized spacial score (nSPS) is 40.1. The molecule has 2 unspecified atom stereocenters. The highest BCUT2D eigenvalue weighted by Crippen LogP contribution is 2.26. The Bertz CT molecular complexity index is 136. The van der Waals surface area contributed by atoms with Gasteiger partial charge in [0.2, 0.25) is 0 Å². The van der Waals surface area contributed by atoms with Gasteiger partial charge >= 0.3 is 0 Å². The Balaban J connectivity index is 2.52. The molecule has 1 rings (SSSR count). The Labute approximate surface area is 62.8 Å². The minimum absolute atomic E-state index is 0.522. The number of hydrogen-bond donors (Lipinski definition) is 1. The second kappa shape index (κ2) is 2.75. The average Bonchev–Trinajstić information content (AvgIpc) is 1.88. The van der Waals surface area contributed by atoms with Gasteiger partial charge in [0.15, 0.2) is 0 Å². The zero-order valence-electron chi connectivity index (χ0n) is 6.80. The SMILES string of the molecule is CCC1C=CC(C)(O)CC1. The van der Waals surface area contributed by atoms with Crippen molar-refractivity contribution in [2.24, 2.45) is 5.92 Å². The van der Waals surface area contributed by atoms with Crippen molar-refractivity contribution in [3.63, 3.8) is 0 Å². The summed E-state index contributed by atoms with van der Waals surface area (Å²) in [5, 5.41) is 9.50. The van der Waals surface area contributed by atoms with Crippen molar-refractivity contribution in [3.05, 3.63) is 12.2 Å². The molecule has 1 aliphatic rings. The van der Waals surface area contributed by atoms with Gasteiger partial charge in [-0.2, -0.15) is 0 Å². The van der Waals surface area contributed by atoms with E-state index in [1.165, 1.54) is 6.42 Å². The van der Waals surface area contributed by atoms with Crippen LogP contribution in [0, 0.1) is 5.92 Å². The third-order valence-electron chi connectivity index (χ3n) is 2.27. The average molecular weight is 140 g/mol. The summed E-state index contributed by atoms with van der Waals surface area (Å²) in [5.74, 6) is 0.709. The van der Waals surface area contributed by atoms with E-state index in [2.05, 4.69) is 13.0 Å². The van der Waals surface area contributed by atoms with Gasteiger partial charge in [0.1, 0.15) is 0 Å². The van der Waals surface area contributed by atoms with Crippen LogP contribution in [0.4, 0.5) is 0 Å². The van der Waals surface area contributed by atoms with E-state index >= 15 is 0 Å². The van der Waals surface area contributed by atoms with Crippen LogP contribution in [0.3, 0.4) is 0 Å². The van der Waals surface area contributed by atoms with Crippen LogP contribution >= 0.6 is 0 Å². The summed E-state index contributed by atoms with van der Waals surface area (Å²) in [7, 11) is 0. The molecular weight excluding hydrogens is 124 g/mol. The van der Waals surface area contributed by atoms with Gasteiger partial charge in [-0.25, -0.2) is 0 Å². The molecule has 1 aliphatic carbocycles. The first-order valence-electron chi connectivity index (χ1n) is 4.06. The highest BCUT2D eigenvalue weighted by atomic mass is 16.3. The van der Waals surface area contributed by atoms with Crippen molar-refractivity contribution in [2.75, 3.05) is 0 Å². The molecule has 10 heavy (non-hydrogen) atoms. The molecule has 58 valence electrons. The molecule has 0 fully saturated rings. The van der Waals surface area contributed by atoms with Crippen LogP contribution in [0.25, 0.3) is 0 Å². The van der Waals surface area contributed by atoms with Crippen molar-refractivity contribution < 1.29 is 5.11 Å². The lowest BCUT2D eigenvalue weighted by Crippen LogP contribution is -2.25. The van der Waals surface area contributed by atoms with Crippen LogP contribution in [-0.4, -0.2) is 10.7 Å². The van der Waals surface area contributed by atoms with E-state index in [9.17, 15) is 5.11 Å². The number of aliphatic hydroxyl groups is 1. The molecule has 0 spiro atoms. The highest BCUT2D eigenvalue weighted by Gasteiger charge is 2.21. The Morgan fingerprint density at radius 1 is 1.70 bits per heavy atom. The lowest BCUT2D eigenvalue weighted by atomic mass is 9.85. The van der Waals surface area contributed by atoms with E-state index in [1.54, 1.807) is 0 Å². The van der Waals surface area contributed by atoms with Crippen LogP contribution in [0.1, 0.15) is 33.1 Å². The van der Waals surface area contributed by atoms with E-state index in [0.29, 0.717) is 5.92 Å². The third-order valence-corrected chi connectivity index (χ3v) is 2.27. The Kier molecular flexibility index (Phi) is 2.14. The minimum Gasteiger partial charge on any atom is -0.386 e. The second-order valence-electron chi connectivity index (χ2n) is 3.42. The molecule has 0 saturated heterocycles. The maximum Gasteiger partial charge on any atom is 0.0800 e. The van der Waals surface area contributed by atoms with Crippen LogP contribution < -0.4 is 0 Å². The molecule has 0 radical (unpaired) electrons. The van der Waals surface area contributed by atoms with Gasteiger partial charge in [-0.05, 0) is 32.1 Å². The lowest BCUT2D eigenvalue weighted by Gasteiger charge is -2.26. The topological polar surface area (TPSA) is 20.2 Å². The quantitative estimate of drug-likeness (QED) is 0.553. The van der Waals surface area contributed by atoms with Crippen molar-refractivity contribution in [3.8, 4) is 0 Å². The van der Waals surface area contributed by atoms with E-state index in [1.807, 2.05) is 13.0 Å². The van der Waals surface area contributed by atoms with E-state index in [0.717, 1.165) is 12.8 Å². The summed E-state index contributed by atoms with van der Waals surface area (Å²) in [6, 6.07) is 0. The van der Waals surface area contributed by atoms with Gasteiger partial charge in [0.25, 0.3) is 0 Å². The fourth-order valence-corrected chi connectivity index (χ4v) is 1.34. The summed E-state index contributed by atoms with van der Waals surface area (Å²) < 4.78 is 0. The molecule has 0 aromatic carbocycles. The van der Waals surface area contributed by atoms with Crippen molar-refractivity contribution >= 4 is 0 Å². The van der Waals surface area contributed by atoms with Gasteiger partial charge in [0.05, 0.1) is 5.60 Å². The van der Waals surface area contributed by atoms with Crippen LogP contribution in [-0.2, 0) is 0 Å². The van der Waals surface area contributed by atoms with Crippen LogP contribution in [0.2, 0.25) is 0 Å². The smallest absolute Gasteiger partial charge is 0.0800 e. The molecular formula is C9H16O. The monoisotopic (exact) mass is 140 g/mol. The molecule has 1 heteroatoms. The molecule has 1 N–H and O–H groups in total. The molecule has 2 atom stereocenters. The van der Waals surface area contributed by atoms with Gasteiger partial charge in [0, 0.05) is 0 Å². The van der Waals surface area contributed by atoms with E-state index in [-0.39, 0.29) is 0 Å². The van der Waals surface area contributed by atoms with Crippen molar-refractivity contribution in [1.82, 2.24) is 0 Å². The Morgan fingerprint density at radius 3 is 2.80 bits per heavy atom. The largest absolute Gasteiger partial charge is 0.386 e. The Hall–Kier alpha value is -0.300. The molecule has 0 heterocycles. The van der Waals surface area contributed by atoms with Crippen molar-refractivity contribution in [1.29, 1.82) is 0 Å². The Morgan fingerprint density at radius 2 is 2.40 bits per heavy atom. The van der Waals surface area contributed by atoms with E-state index < -0.39 is 5.60 Å². The molecule has 0 aliphatic heterocycles. The van der Waals surface area contributed by atoms with E-state index in [4.69, 9.17) is 0 Å². The predicted molar refractivity (Wildman–Crippen MR) is 42.8 cm³/mol. The first-order valence-corrected chi connectivity index (χ1v) is 4.06. The summed E-state index contributed by atoms with van der Waals surface area (Å²) in [5.41, 5.74) is -0.522. The predicted octanol–water partition coefficient (Wildman–Crippen LogP) is 2.11. The lowest BCUT2D eigenvalue weighted by molar-refractivity contribution is 0.0878. The summed E-state index contributed by atoms with van der Waals surface area (Å²) in [4.78, 5) is 0. The molecule has 0 aromatic rings. The summed E-state index contributed by atoms with van der Waals surface area (Å²) >= 11 is 0. The zero-order chi connectivity index (χ0) is 7.61. The standard InChI is InChI=1S/C9H16O/c1-3-8-4-6-9(2,10)7-5-8/h4,6,8,10H,3,5,7H2,1-2H3.